The van der Waals surface area contributed by atoms with E-state index in [1.807, 2.05) is 0 Å². The number of hydrogen-bond acceptors (Lipinski definition) is 4. The van der Waals surface area contributed by atoms with Crippen LogP contribution in [0.25, 0.3) is 0 Å². The molecular formula is C10H18BrN3O2. The van der Waals surface area contributed by atoms with Gasteiger partial charge in [-0.15, -0.1) is 0 Å². The van der Waals surface area contributed by atoms with Gasteiger partial charge in [-0.05, 0) is 29.9 Å². The predicted molar refractivity (Wildman–Crippen MR) is 65.3 cm³/mol. The third-order valence-corrected chi connectivity index (χ3v) is 2.91. The molecule has 92 valence electrons. The predicted octanol–water partition coefficient (Wildman–Crippen LogP) is 0.719. The van der Waals surface area contributed by atoms with Crippen molar-refractivity contribution in [3.8, 4) is 0 Å². The van der Waals surface area contributed by atoms with Gasteiger partial charge < -0.3 is 15.2 Å². The van der Waals surface area contributed by atoms with Crippen LogP contribution < -0.4 is 5.32 Å². The third kappa shape index (κ3) is 3.04. The molecule has 0 saturated carbocycles. The average molecular weight is 292 g/mol. The SMILES string of the molecule is CNCC(C)(O)c1c(Br)cnn1CCOC. The molecule has 1 heterocycles. The fourth-order valence-electron chi connectivity index (χ4n) is 1.67. The molecule has 1 atom stereocenters. The second-order valence-electron chi connectivity index (χ2n) is 3.86. The maximum Gasteiger partial charge on any atom is 0.117 e. The van der Waals surface area contributed by atoms with Gasteiger partial charge in [-0.2, -0.15) is 5.10 Å². The van der Waals surface area contributed by atoms with E-state index in [-0.39, 0.29) is 0 Å². The van der Waals surface area contributed by atoms with Crippen LogP contribution in [0.1, 0.15) is 12.6 Å². The number of ether oxygens (including phenoxy) is 1. The van der Waals surface area contributed by atoms with Gasteiger partial charge in [-0.25, -0.2) is 0 Å². The lowest BCUT2D eigenvalue weighted by atomic mass is 10.0. The zero-order valence-corrected chi connectivity index (χ0v) is 11.4. The summed E-state index contributed by atoms with van der Waals surface area (Å²) in [7, 11) is 3.45. The summed E-state index contributed by atoms with van der Waals surface area (Å²) in [6, 6.07) is 0. The van der Waals surface area contributed by atoms with Crippen molar-refractivity contribution in [2.45, 2.75) is 19.1 Å². The summed E-state index contributed by atoms with van der Waals surface area (Å²) in [5.41, 5.74) is -0.198. The second kappa shape index (κ2) is 5.77. The Kier molecular flexibility index (Phi) is 4.91. The number of nitrogens with one attached hydrogen (secondary N) is 1. The highest BCUT2D eigenvalue weighted by atomic mass is 79.9. The van der Waals surface area contributed by atoms with Gasteiger partial charge in [0.25, 0.3) is 0 Å². The van der Waals surface area contributed by atoms with E-state index in [2.05, 4.69) is 26.3 Å². The molecule has 0 aliphatic rings. The highest BCUT2D eigenvalue weighted by Crippen LogP contribution is 2.27. The molecule has 0 saturated heterocycles. The highest BCUT2D eigenvalue weighted by Gasteiger charge is 2.29. The van der Waals surface area contributed by atoms with Crippen LogP contribution in [0.2, 0.25) is 0 Å². The Morgan fingerprint density at radius 2 is 2.38 bits per heavy atom. The van der Waals surface area contributed by atoms with Crippen LogP contribution in [0.5, 0.6) is 0 Å². The largest absolute Gasteiger partial charge is 0.383 e. The molecule has 0 radical (unpaired) electrons. The minimum atomic E-state index is -0.960. The number of methoxy groups -OCH3 is 1. The summed E-state index contributed by atoms with van der Waals surface area (Å²) in [4.78, 5) is 0. The number of likely N-dealkylation sites (N-methyl/N-ethyl adjacent to an activating group) is 1. The Bertz CT molecular complexity index is 339. The van der Waals surface area contributed by atoms with Crippen LogP contribution in [0.15, 0.2) is 10.7 Å². The van der Waals surface area contributed by atoms with Crippen molar-refractivity contribution in [3.63, 3.8) is 0 Å². The van der Waals surface area contributed by atoms with E-state index in [0.717, 1.165) is 10.2 Å². The van der Waals surface area contributed by atoms with E-state index in [1.54, 1.807) is 32.0 Å². The van der Waals surface area contributed by atoms with E-state index < -0.39 is 5.60 Å². The van der Waals surface area contributed by atoms with Gasteiger partial charge in [0.1, 0.15) is 5.60 Å². The molecule has 0 aromatic carbocycles. The lowest BCUT2D eigenvalue weighted by Gasteiger charge is -2.24. The summed E-state index contributed by atoms with van der Waals surface area (Å²) in [6.07, 6.45) is 1.69. The van der Waals surface area contributed by atoms with E-state index in [1.165, 1.54) is 0 Å². The van der Waals surface area contributed by atoms with Crippen LogP contribution in [0, 0.1) is 0 Å². The molecule has 16 heavy (non-hydrogen) atoms. The number of nitrogens with zero attached hydrogens (tertiary/aromatic N) is 2. The Labute approximate surface area is 104 Å². The lowest BCUT2D eigenvalue weighted by Crippen LogP contribution is -2.36. The monoisotopic (exact) mass is 291 g/mol. The molecule has 0 bridgehead atoms. The molecular weight excluding hydrogens is 274 g/mol. The first-order chi connectivity index (χ1) is 7.53. The van der Waals surface area contributed by atoms with E-state index >= 15 is 0 Å². The molecule has 1 unspecified atom stereocenters. The molecule has 1 aromatic heterocycles. The number of rotatable bonds is 6. The zero-order valence-electron chi connectivity index (χ0n) is 9.83. The quantitative estimate of drug-likeness (QED) is 0.811. The molecule has 6 heteroatoms. The van der Waals surface area contributed by atoms with Gasteiger partial charge in [0.2, 0.25) is 0 Å². The minimum Gasteiger partial charge on any atom is -0.383 e. The van der Waals surface area contributed by atoms with Gasteiger partial charge in [-0.3, -0.25) is 4.68 Å². The molecule has 0 spiro atoms. The van der Waals surface area contributed by atoms with E-state index in [0.29, 0.717) is 19.7 Å². The fourth-order valence-corrected chi connectivity index (χ4v) is 2.40. The van der Waals surface area contributed by atoms with Gasteiger partial charge >= 0.3 is 0 Å². The first kappa shape index (κ1) is 13.6. The fraction of sp³-hybridized carbons (Fsp3) is 0.700. The van der Waals surface area contributed by atoms with Crippen LogP contribution in [-0.2, 0) is 16.9 Å². The standard InChI is InChI=1S/C10H18BrN3O2/c1-10(15,7-12-2)9-8(11)6-13-14(9)4-5-16-3/h6,12,15H,4-5,7H2,1-3H3. The first-order valence-electron chi connectivity index (χ1n) is 5.10. The minimum absolute atomic E-state index is 0.463. The van der Waals surface area contributed by atoms with E-state index in [4.69, 9.17) is 4.74 Å². The summed E-state index contributed by atoms with van der Waals surface area (Å²) in [5.74, 6) is 0. The van der Waals surface area contributed by atoms with Gasteiger partial charge in [0, 0.05) is 13.7 Å². The number of halogens is 1. The van der Waals surface area contributed by atoms with Gasteiger partial charge in [0.05, 0.1) is 29.5 Å². The number of aliphatic hydroxyl groups is 1. The normalized spacial score (nSPS) is 15.1. The van der Waals surface area contributed by atoms with Crippen molar-refractivity contribution in [1.82, 2.24) is 15.1 Å². The smallest absolute Gasteiger partial charge is 0.117 e. The van der Waals surface area contributed by atoms with Crippen molar-refractivity contribution in [2.75, 3.05) is 27.3 Å². The van der Waals surface area contributed by atoms with Crippen molar-refractivity contribution >= 4 is 15.9 Å². The van der Waals surface area contributed by atoms with E-state index in [9.17, 15) is 5.11 Å². The van der Waals surface area contributed by atoms with Crippen LogP contribution in [0.3, 0.4) is 0 Å². The highest BCUT2D eigenvalue weighted by molar-refractivity contribution is 9.10. The third-order valence-electron chi connectivity index (χ3n) is 2.33. The number of hydrogen-bond donors (Lipinski definition) is 2. The summed E-state index contributed by atoms with van der Waals surface area (Å²) in [6.45, 7) is 3.41. The Balaban J connectivity index is 2.96. The maximum absolute atomic E-state index is 10.3. The summed E-state index contributed by atoms with van der Waals surface area (Å²) >= 11 is 3.40. The lowest BCUT2D eigenvalue weighted by molar-refractivity contribution is 0.0469. The summed E-state index contributed by atoms with van der Waals surface area (Å²) in [5, 5.41) is 17.5. The molecule has 1 aromatic rings. The van der Waals surface area contributed by atoms with Crippen LogP contribution in [0.4, 0.5) is 0 Å². The molecule has 0 aliphatic carbocycles. The first-order valence-corrected chi connectivity index (χ1v) is 5.90. The van der Waals surface area contributed by atoms with Crippen LogP contribution in [-0.4, -0.2) is 42.2 Å². The zero-order chi connectivity index (χ0) is 12.2. The van der Waals surface area contributed by atoms with Gasteiger partial charge in [-0.1, -0.05) is 0 Å². The van der Waals surface area contributed by atoms with Crippen molar-refractivity contribution in [1.29, 1.82) is 0 Å². The number of aromatic nitrogens is 2. The topological polar surface area (TPSA) is 59.3 Å². The molecule has 0 aliphatic heterocycles. The molecule has 0 fully saturated rings. The molecule has 2 N–H and O–H groups in total. The Hall–Kier alpha value is -0.430. The maximum atomic E-state index is 10.3. The summed E-state index contributed by atoms with van der Waals surface area (Å²) < 4.78 is 7.57. The molecule has 5 nitrogen and oxygen atoms in total. The van der Waals surface area contributed by atoms with Gasteiger partial charge in [0.15, 0.2) is 0 Å². The van der Waals surface area contributed by atoms with Crippen molar-refractivity contribution < 1.29 is 9.84 Å². The van der Waals surface area contributed by atoms with Crippen molar-refractivity contribution in [2.24, 2.45) is 0 Å². The Morgan fingerprint density at radius 1 is 1.69 bits per heavy atom. The second-order valence-corrected chi connectivity index (χ2v) is 4.72. The van der Waals surface area contributed by atoms with Crippen LogP contribution >= 0.6 is 15.9 Å². The molecule has 1 rings (SSSR count). The van der Waals surface area contributed by atoms with Crippen molar-refractivity contribution in [3.05, 3.63) is 16.4 Å². The average Bonchev–Trinajstić information content (AvgIpc) is 2.57. The Morgan fingerprint density at radius 3 is 2.94 bits per heavy atom. The molecule has 0 amide bonds.